The van der Waals surface area contributed by atoms with Gasteiger partial charge in [0.1, 0.15) is 0 Å². The molecule has 3 amide bonds. The minimum Gasteiger partial charge on any atom is -0.352 e. The van der Waals surface area contributed by atoms with Crippen LogP contribution >= 0.6 is 0 Å². The number of amides is 3. The molecule has 10 heteroatoms. The molecule has 1 saturated heterocycles. The standard InChI is InChI=1S/C19H23N5O4S/c1-14(25)22-17-8-10-24(13-17)29(27,28)18-6-4-16(5-7-18)23-19(26)21-12-15-3-2-9-20-11-15/h2-7,9,11,17H,8,10,12-13H2,1H3,(H,22,25)(H2,21,23,26)/t17-/m1/s1. The fourth-order valence-corrected chi connectivity index (χ4v) is 4.57. The van der Waals surface area contributed by atoms with Crippen molar-refractivity contribution >= 4 is 27.6 Å². The third-order valence-corrected chi connectivity index (χ3v) is 6.36. The van der Waals surface area contributed by atoms with E-state index in [-0.39, 0.29) is 23.4 Å². The van der Waals surface area contributed by atoms with Gasteiger partial charge in [0.15, 0.2) is 0 Å². The normalized spacial score (nSPS) is 16.9. The van der Waals surface area contributed by atoms with Crippen LogP contribution in [-0.2, 0) is 21.4 Å². The number of benzene rings is 1. The summed E-state index contributed by atoms with van der Waals surface area (Å²) in [6, 6.07) is 9.05. The zero-order valence-electron chi connectivity index (χ0n) is 16.0. The molecule has 0 aliphatic carbocycles. The van der Waals surface area contributed by atoms with Gasteiger partial charge >= 0.3 is 6.03 Å². The van der Waals surface area contributed by atoms with E-state index in [1.54, 1.807) is 18.5 Å². The number of urea groups is 1. The van der Waals surface area contributed by atoms with Crippen LogP contribution in [-0.4, -0.2) is 48.8 Å². The largest absolute Gasteiger partial charge is 0.352 e. The van der Waals surface area contributed by atoms with Gasteiger partial charge in [-0.2, -0.15) is 4.31 Å². The third-order valence-electron chi connectivity index (χ3n) is 4.48. The average molecular weight is 417 g/mol. The first-order valence-electron chi connectivity index (χ1n) is 9.15. The molecule has 1 aromatic carbocycles. The van der Waals surface area contributed by atoms with E-state index in [9.17, 15) is 18.0 Å². The summed E-state index contributed by atoms with van der Waals surface area (Å²) in [5.41, 5.74) is 1.34. The van der Waals surface area contributed by atoms with Gasteiger partial charge in [-0.1, -0.05) is 6.07 Å². The number of anilines is 1. The molecule has 1 atom stereocenters. The molecule has 0 radical (unpaired) electrons. The van der Waals surface area contributed by atoms with Crippen LogP contribution in [0.4, 0.5) is 10.5 Å². The molecule has 0 spiro atoms. The van der Waals surface area contributed by atoms with Crippen LogP contribution in [0.15, 0.2) is 53.7 Å². The monoisotopic (exact) mass is 417 g/mol. The predicted octanol–water partition coefficient (Wildman–Crippen LogP) is 1.30. The number of aromatic nitrogens is 1. The first-order valence-corrected chi connectivity index (χ1v) is 10.6. The number of hydrogen-bond donors (Lipinski definition) is 3. The summed E-state index contributed by atoms with van der Waals surface area (Å²) < 4.78 is 26.9. The highest BCUT2D eigenvalue weighted by molar-refractivity contribution is 7.89. The molecule has 1 aliphatic heterocycles. The van der Waals surface area contributed by atoms with Crippen LogP contribution in [0.3, 0.4) is 0 Å². The summed E-state index contributed by atoms with van der Waals surface area (Å²) in [6.07, 6.45) is 3.89. The lowest BCUT2D eigenvalue weighted by Crippen LogP contribution is -2.37. The second-order valence-corrected chi connectivity index (χ2v) is 8.68. The van der Waals surface area contributed by atoms with E-state index >= 15 is 0 Å². The van der Waals surface area contributed by atoms with Crippen molar-refractivity contribution in [3.05, 3.63) is 54.4 Å². The molecule has 2 heterocycles. The highest BCUT2D eigenvalue weighted by Gasteiger charge is 2.32. The number of carbonyl (C=O) groups excluding carboxylic acids is 2. The Kier molecular flexibility index (Phi) is 6.45. The lowest BCUT2D eigenvalue weighted by atomic mass is 10.3. The van der Waals surface area contributed by atoms with Crippen LogP contribution in [0.25, 0.3) is 0 Å². The molecule has 2 aromatic rings. The maximum absolute atomic E-state index is 12.8. The van der Waals surface area contributed by atoms with E-state index in [4.69, 9.17) is 0 Å². The molecule has 9 nitrogen and oxygen atoms in total. The second kappa shape index (κ2) is 9.01. The molecule has 154 valence electrons. The number of hydrogen-bond acceptors (Lipinski definition) is 5. The quantitative estimate of drug-likeness (QED) is 0.654. The topological polar surface area (TPSA) is 121 Å². The minimum absolute atomic E-state index is 0.141. The predicted molar refractivity (Wildman–Crippen MR) is 108 cm³/mol. The molecule has 3 rings (SSSR count). The van der Waals surface area contributed by atoms with Crippen molar-refractivity contribution in [1.29, 1.82) is 0 Å². The first kappa shape index (κ1) is 20.7. The van der Waals surface area contributed by atoms with Crippen molar-refractivity contribution in [2.45, 2.75) is 30.8 Å². The zero-order chi connectivity index (χ0) is 20.9. The van der Waals surface area contributed by atoms with Gasteiger partial charge in [-0.25, -0.2) is 13.2 Å². The Hall–Kier alpha value is -2.98. The highest BCUT2D eigenvalue weighted by Crippen LogP contribution is 2.22. The Morgan fingerprint density at radius 2 is 1.97 bits per heavy atom. The lowest BCUT2D eigenvalue weighted by molar-refractivity contribution is -0.119. The summed E-state index contributed by atoms with van der Waals surface area (Å²) >= 11 is 0. The van der Waals surface area contributed by atoms with E-state index in [2.05, 4.69) is 20.9 Å². The SMILES string of the molecule is CC(=O)N[C@@H]1CCN(S(=O)(=O)c2ccc(NC(=O)NCc3cccnc3)cc2)C1. The van der Waals surface area contributed by atoms with Gasteiger partial charge in [-0.05, 0) is 42.3 Å². The summed E-state index contributed by atoms with van der Waals surface area (Å²) in [7, 11) is -3.65. The van der Waals surface area contributed by atoms with Gasteiger partial charge in [0.05, 0.1) is 4.90 Å². The van der Waals surface area contributed by atoms with E-state index in [0.29, 0.717) is 25.2 Å². The number of nitrogens with zero attached hydrogens (tertiary/aromatic N) is 2. The van der Waals surface area contributed by atoms with Gasteiger partial charge in [0.2, 0.25) is 15.9 Å². The average Bonchev–Trinajstić information content (AvgIpc) is 3.16. The second-order valence-electron chi connectivity index (χ2n) is 6.74. The van der Waals surface area contributed by atoms with Gasteiger partial charge in [-0.3, -0.25) is 9.78 Å². The minimum atomic E-state index is -3.65. The van der Waals surface area contributed by atoms with Crippen molar-refractivity contribution in [3.63, 3.8) is 0 Å². The molecule has 0 saturated carbocycles. The highest BCUT2D eigenvalue weighted by atomic mass is 32.2. The van der Waals surface area contributed by atoms with Crippen LogP contribution in [0.2, 0.25) is 0 Å². The van der Waals surface area contributed by atoms with Gasteiger partial charge in [0, 0.05) is 50.7 Å². The van der Waals surface area contributed by atoms with Crippen molar-refractivity contribution in [1.82, 2.24) is 19.9 Å². The molecular formula is C19H23N5O4S. The van der Waals surface area contributed by atoms with Gasteiger partial charge in [-0.15, -0.1) is 0 Å². The molecule has 0 unspecified atom stereocenters. The molecule has 3 N–H and O–H groups in total. The maximum Gasteiger partial charge on any atom is 0.319 e. The number of rotatable bonds is 6. The van der Waals surface area contributed by atoms with Crippen LogP contribution < -0.4 is 16.0 Å². The van der Waals surface area contributed by atoms with E-state index < -0.39 is 16.1 Å². The van der Waals surface area contributed by atoms with Crippen LogP contribution in [0.5, 0.6) is 0 Å². The summed E-state index contributed by atoms with van der Waals surface area (Å²) in [6.45, 7) is 2.34. The Balaban J connectivity index is 1.56. The molecule has 1 aliphatic rings. The zero-order valence-corrected chi connectivity index (χ0v) is 16.8. The van der Waals surface area contributed by atoms with Crippen molar-refractivity contribution in [3.8, 4) is 0 Å². The Morgan fingerprint density at radius 1 is 1.21 bits per heavy atom. The molecular weight excluding hydrogens is 394 g/mol. The molecule has 1 aromatic heterocycles. The summed E-state index contributed by atoms with van der Waals surface area (Å²) in [5, 5.41) is 8.12. The van der Waals surface area contributed by atoms with E-state index in [1.807, 2.05) is 6.07 Å². The lowest BCUT2D eigenvalue weighted by Gasteiger charge is -2.17. The van der Waals surface area contributed by atoms with Crippen molar-refractivity contribution in [2.75, 3.05) is 18.4 Å². The first-order chi connectivity index (χ1) is 13.8. The number of pyridine rings is 1. The van der Waals surface area contributed by atoms with E-state index in [1.165, 1.54) is 35.5 Å². The van der Waals surface area contributed by atoms with Crippen LogP contribution in [0.1, 0.15) is 18.9 Å². The Bertz CT molecular complexity index is 964. The third kappa shape index (κ3) is 5.52. The smallest absolute Gasteiger partial charge is 0.319 e. The number of nitrogens with one attached hydrogen (secondary N) is 3. The summed E-state index contributed by atoms with van der Waals surface area (Å²) in [5.74, 6) is -0.175. The molecule has 29 heavy (non-hydrogen) atoms. The molecule has 1 fully saturated rings. The van der Waals surface area contributed by atoms with Crippen LogP contribution in [0, 0.1) is 0 Å². The molecule has 0 bridgehead atoms. The number of sulfonamides is 1. The van der Waals surface area contributed by atoms with Gasteiger partial charge in [0.25, 0.3) is 0 Å². The summed E-state index contributed by atoms with van der Waals surface area (Å²) in [4.78, 5) is 27.3. The fourth-order valence-electron chi connectivity index (χ4n) is 3.07. The van der Waals surface area contributed by atoms with Crippen molar-refractivity contribution in [2.24, 2.45) is 0 Å². The Labute approximate surface area is 169 Å². The maximum atomic E-state index is 12.8. The number of carbonyl (C=O) groups is 2. The van der Waals surface area contributed by atoms with Crippen molar-refractivity contribution < 1.29 is 18.0 Å². The van der Waals surface area contributed by atoms with E-state index in [0.717, 1.165) is 5.56 Å². The Morgan fingerprint density at radius 3 is 2.62 bits per heavy atom. The fraction of sp³-hybridized carbons (Fsp3) is 0.316. The van der Waals surface area contributed by atoms with Gasteiger partial charge < -0.3 is 16.0 Å².